The molecule has 132 valence electrons. The molecule has 0 bridgehead atoms. The van der Waals surface area contributed by atoms with Crippen LogP contribution in [0.4, 0.5) is 0 Å². The summed E-state index contributed by atoms with van der Waals surface area (Å²) in [6.07, 6.45) is 1.67. The zero-order chi connectivity index (χ0) is 18.1. The highest BCUT2D eigenvalue weighted by Crippen LogP contribution is 2.41. The Hall–Kier alpha value is -1.89. The number of aliphatic carboxylic acids is 1. The summed E-state index contributed by atoms with van der Waals surface area (Å²) in [4.78, 5) is 23.9. The van der Waals surface area contributed by atoms with E-state index < -0.39 is 32.5 Å². The standard InChI is InChI=1S/C17H23NO5S/c1-11-6-7-12(2)14(10-11)24(22,23)17(8-4-5-9-17)16(21)18-13(3)15(19)20/h6-7,10,13H,4-5,8-9H2,1-3H3,(H,18,21)(H,19,20)/t13-/m0/s1. The number of rotatable bonds is 5. The lowest BCUT2D eigenvalue weighted by Crippen LogP contribution is -2.54. The van der Waals surface area contributed by atoms with Gasteiger partial charge in [0.1, 0.15) is 6.04 Å². The number of carbonyl (C=O) groups is 2. The van der Waals surface area contributed by atoms with E-state index in [0.717, 1.165) is 5.56 Å². The lowest BCUT2D eigenvalue weighted by atomic mass is 10.1. The molecule has 1 aliphatic carbocycles. The maximum atomic E-state index is 13.3. The molecule has 0 heterocycles. The van der Waals surface area contributed by atoms with E-state index in [1.165, 1.54) is 6.92 Å². The van der Waals surface area contributed by atoms with Gasteiger partial charge in [0.25, 0.3) is 0 Å². The first-order valence-electron chi connectivity index (χ1n) is 7.97. The summed E-state index contributed by atoms with van der Waals surface area (Å²) in [5.41, 5.74) is 1.39. The average molecular weight is 353 g/mol. The third kappa shape index (κ3) is 3.05. The largest absolute Gasteiger partial charge is 0.480 e. The minimum absolute atomic E-state index is 0.155. The Morgan fingerprint density at radius 2 is 1.79 bits per heavy atom. The van der Waals surface area contributed by atoms with Crippen LogP contribution in [0.3, 0.4) is 0 Å². The Bertz CT molecular complexity index is 763. The highest BCUT2D eigenvalue weighted by atomic mass is 32.2. The second-order valence-corrected chi connectivity index (χ2v) is 8.74. The zero-order valence-electron chi connectivity index (χ0n) is 14.1. The lowest BCUT2D eigenvalue weighted by Gasteiger charge is -2.29. The van der Waals surface area contributed by atoms with Crippen molar-refractivity contribution < 1.29 is 23.1 Å². The summed E-state index contributed by atoms with van der Waals surface area (Å²) in [6.45, 7) is 4.83. The topological polar surface area (TPSA) is 101 Å². The third-order valence-electron chi connectivity index (χ3n) is 4.69. The molecule has 0 unspecified atom stereocenters. The van der Waals surface area contributed by atoms with Gasteiger partial charge in [0.05, 0.1) is 4.90 Å². The van der Waals surface area contributed by atoms with E-state index in [1.54, 1.807) is 26.0 Å². The minimum Gasteiger partial charge on any atom is -0.480 e. The number of amides is 1. The summed E-state index contributed by atoms with van der Waals surface area (Å²) in [5, 5.41) is 11.3. The van der Waals surface area contributed by atoms with E-state index in [9.17, 15) is 18.0 Å². The van der Waals surface area contributed by atoms with Crippen molar-refractivity contribution in [3.63, 3.8) is 0 Å². The van der Waals surface area contributed by atoms with Crippen LogP contribution in [-0.2, 0) is 19.4 Å². The molecule has 6 nitrogen and oxygen atoms in total. The summed E-state index contributed by atoms with van der Waals surface area (Å²) >= 11 is 0. The van der Waals surface area contributed by atoms with Crippen molar-refractivity contribution in [1.82, 2.24) is 5.32 Å². The maximum Gasteiger partial charge on any atom is 0.325 e. The molecule has 1 aromatic carbocycles. The molecule has 2 rings (SSSR count). The van der Waals surface area contributed by atoms with Crippen molar-refractivity contribution in [1.29, 1.82) is 0 Å². The molecule has 0 aromatic heterocycles. The minimum atomic E-state index is -3.93. The highest BCUT2D eigenvalue weighted by molar-refractivity contribution is 7.93. The monoisotopic (exact) mass is 353 g/mol. The molecule has 1 aliphatic rings. The van der Waals surface area contributed by atoms with Crippen molar-refractivity contribution in [2.24, 2.45) is 0 Å². The molecule has 0 radical (unpaired) electrons. The fraction of sp³-hybridized carbons (Fsp3) is 0.529. The van der Waals surface area contributed by atoms with E-state index in [0.29, 0.717) is 18.4 Å². The van der Waals surface area contributed by atoms with Gasteiger partial charge in [-0.25, -0.2) is 8.42 Å². The van der Waals surface area contributed by atoms with Gasteiger partial charge in [0.15, 0.2) is 14.6 Å². The normalized spacial score (nSPS) is 18.1. The molecule has 1 aromatic rings. The van der Waals surface area contributed by atoms with Gasteiger partial charge in [-0.1, -0.05) is 25.0 Å². The second kappa shape index (κ2) is 6.55. The molecule has 24 heavy (non-hydrogen) atoms. The highest BCUT2D eigenvalue weighted by Gasteiger charge is 2.53. The summed E-state index contributed by atoms with van der Waals surface area (Å²) in [6, 6.07) is 3.99. The van der Waals surface area contributed by atoms with E-state index in [2.05, 4.69) is 5.32 Å². The van der Waals surface area contributed by atoms with Crippen LogP contribution in [-0.4, -0.2) is 36.2 Å². The molecular formula is C17H23NO5S. The Morgan fingerprint density at radius 3 is 2.33 bits per heavy atom. The number of carbonyl (C=O) groups excluding carboxylic acids is 1. The van der Waals surface area contributed by atoms with Crippen LogP contribution in [0.15, 0.2) is 23.1 Å². The SMILES string of the molecule is Cc1ccc(C)c(S(=O)(=O)C2(C(=O)N[C@@H](C)C(=O)O)CCCC2)c1. The van der Waals surface area contributed by atoms with Gasteiger partial charge in [0.2, 0.25) is 5.91 Å². The quantitative estimate of drug-likeness (QED) is 0.843. The molecule has 1 atom stereocenters. The maximum absolute atomic E-state index is 13.3. The first-order valence-corrected chi connectivity index (χ1v) is 9.46. The van der Waals surface area contributed by atoms with E-state index >= 15 is 0 Å². The zero-order valence-corrected chi connectivity index (χ0v) is 14.9. The van der Waals surface area contributed by atoms with Crippen LogP contribution in [0.2, 0.25) is 0 Å². The number of nitrogens with one attached hydrogen (secondary N) is 1. The predicted octanol–water partition coefficient (Wildman–Crippen LogP) is 1.98. The molecule has 1 fully saturated rings. The van der Waals surface area contributed by atoms with Crippen LogP contribution < -0.4 is 5.32 Å². The predicted molar refractivity (Wildman–Crippen MR) is 89.5 cm³/mol. The van der Waals surface area contributed by atoms with Gasteiger partial charge in [-0.05, 0) is 50.8 Å². The number of sulfone groups is 1. The molecule has 0 aliphatic heterocycles. The fourth-order valence-electron chi connectivity index (χ4n) is 3.16. The van der Waals surface area contributed by atoms with Crippen molar-refractivity contribution in [3.8, 4) is 0 Å². The van der Waals surface area contributed by atoms with Gasteiger partial charge in [0, 0.05) is 0 Å². The van der Waals surface area contributed by atoms with Crippen LogP contribution in [0.1, 0.15) is 43.7 Å². The average Bonchev–Trinajstić information content (AvgIpc) is 3.00. The van der Waals surface area contributed by atoms with Crippen LogP contribution in [0.25, 0.3) is 0 Å². The van der Waals surface area contributed by atoms with Gasteiger partial charge in [-0.3, -0.25) is 9.59 Å². The van der Waals surface area contributed by atoms with Crippen LogP contribution >= 0.6 is 0 Å². The molecule has 2 N–H and O–H groups in total. The Labute approximate surface area is 142 Å². The number of carboxylic acids is 1. The molecule has 1 saturated carbocycles. The molecule has 0 saturated heterocycles. The molecule has 0 spiro atoms. The number of aryl methyl sites for hydroxylation is 2. The number of carboxylic acid groups (broad SMARTS) is 1. The molecule has 7 heteroatoms. The second-order valence-electron chi connectivity index (χ2n) is 6.51. The van der Waals surface area contributed by atoms with Crippen molar-refractivity contribution >= 4 is 21.7 Å². The Kier molecular flexibility index (Phi) is 5.03. The van der Waals surface area contributed by atoms with E-state index in [-0.39, 0.29) is 17.7 Å². The Morgan fingerprint density at radius 1 is 1.21 bits per heavy atom. The van der Waals surface area contributed by atoms with E-state index in [4.69, 9.17) is 5.11 Å². The molecular weight excluding hydrogens is 330 g/mol. The van der Waals surface area contributed by atoms with E-state index in [1.807, 2.05) is 6.07 Å². The summed E-state index contributed by atoms with van der Waals surface area (Å²) in [5.74, 6) is -1.91. The third-order valence-corrected chi connectivity index (χ3v) is 7.33. The number of benzene rings is 1. The summed E-state index contributed by atoms with van der Waals surface area (Å²) in [7, 11) is -3.93. The first-order chi connectivity index (χ1) is 11.1. The van der Waals surface area contributed by atoms with Gasteiger partial charge < -0.3 is 10.4 Å². The van der Waals surface area contributed by atoms with Crippen molar-refractivity contribution in [2.45, 2.75) is 62.1 Å². The first kappa shape index (κ1) is 18.4. The van der Waals surface area contributed by atoms with Gasteiger partial charge in [-0.15, -0.1) is 0 Å². The van der Waals surface area contributed by atoms with Gasteiger partial charge >= 0.3 is 5.97 Å². The lowest BCUT2D eigenvalue weighted by molar-refractivity contribution is -0.141. The smallest absolute Gasteiger partial charge is 0.325 e. The number of hydrogen-bond acceptors (Lipinski definition) is 4. The van der Waals surface area contributed by atoms with Crippen LogP contribution in [0.5, 0.6) is 0 Å². The van der Waals surface area contributed by atoms with Crippen molar-refractivity contribution in [2.75, 3.05) is 0 Å². The summed E-state index contributed by atoms with van der Waals surface area (Å²) < 4.78 is 25.0. The van der Waals surface area contributed by atoms with Gasteiger partial charge in [-0.2, -0.15) is 0 Å². The fourth-order valence-corrected chi connectivity index (χ4v) is 5.54. The van der Waals surface area contributed by atoms with Crippen LogP contribution in [0, 0.1) is 13.8 Å². The molecule has 1 amide bonds. The number of hydrogen-bond donors (Lipinski definition) is 2. The van der Waals surface area contributed by atoms with Crippen molar-refractivity contribution in [3.05, 3.63) is 29.3 Å². The Balaban J connectivity index is 2.51.